The van der Waals surface area contributed by atoms with Crippen LogP contribution in [-0.2, 0) is 28.6 Å². The zero-order valence-corrected chi connectivity index (χ0v) is 14.7. The SMILES string of the molecule is CC(C)(C)CCCC(OC(N)=O)C(=O)C1C(=O)OC(C)(C)OC1=O. The lowest BCUT2D eigenvalue weighted by molar-refractivity contribution is -0.239. The zero-order chi connectivity index (χ0) is 18.7. The molecular formula is C16H25NO7. The van der Waals surface area contributed by atoms with E-state index in [2.05, 4.69) is 0 Å². The molecule has 24 heavy (non-hydrogen) atoms. The van der Waals surface area contributed by atoms with Crippen LogP contribution in [0.1, 0.15) is 53.9 Å². The Morgan fingerprint density at radius 1 is 1.21 bits per heavy atom. The fourth-order valence-corrected chi connectivity index (χ4v) is 2.35. The number of hydrogen-bond donors (Lipinski definition) is 1. The molecule has 8 nitrogen and oxygen atoms in total. The molecule has 136 valence electrons. The maximum atomic E-state index is 12.5. The van der Waals surface area contributed by atoms with Gasteiger partial charge in [-0.25, -0.2) is 4.79 Å². The number of nitrogens with two attached hydrogens (primary N) is 1. The summed E-state index contributed by atoms with van der Waals surface area (Å²) in [5.74, 6) is -6.12. The van der Waals surface area contributed by atoms with E-state index < -0.39 is 41.6 Å². The van der Waals surface area contributed by atoms with E-state index in [4.69, 9.17) is 19.9 Å². The molecule has 0 aromatic carbocycles. The van der Waals surface area contributed by atoms with Gasteiger partial charge in [0.05, 0.1) is 0 Å². The summed E-state index contributed by atoms with van der Waals surface area (Å²) in [4.78, 5) is 47.5. The molecule has 0 spiro atoms. The largest absolute Gasteiger partial charge is 0.438 e. The summed E-state index contributed by atoms with van der Waals surface area (Å²) < 4.78 is 14.6. The fraction of sp³-hybridized carbons (Fsp3) is 0.750. The van der Waals surface area contributed by atoms with Crippen LogP contribution >= 0.6 is 0 Å². The Hall–Kier alpha value is -2.12. The second kappa shape index (κ2) is 7.19. The molecule has 1 saturated heterocycles. The van der Waals surface area contributed by atoms with Crippen LogP contribution in [0.25, 0.3) is 0 Å². The Morgan fingerprint density at radius 2 is 1.71 bits per heavy atom. The van der Waals surface area contributed by atoms with Crippen LogP contribution in [0.15, 0.2) is 0 Å². The van der Waals surface area contributed by atoms with Crippen molar-refractivity contribution in [2.75, 3.05) is 0 Å². The number of esters is 2. The number of ketones is 1. The van der Waals surface area contributed by atoms with Crippen molar-refractivity contribution in [1.82, 2.24) is 0 Å². The van der Waals surface area contributed by atoms with E-state index >= 15 is 0 Å². The normalized spacial score (nSPS) is 19.2. The lowest BCUT2D eigenvalue weighted by atomic mass is 9.88. The monoisotopic (exact) mass is 343 g/mol. The van der Waals surface area contributed by atoms with Gasteiger partial charge in [-0.05, 0) is 24.7 Å². The molecule has 0 aromatic heterocycles. The second-order valence-corrected chi connectivity index (χ2v) is 7.46. The Morgan fingerprint density at radius 3 is 2.12 bits per heavy atom. The first-order chi connectivity index (χ1) is 10.8. The first kappa shape index (κ1) is 19.9. The molecule has 1 unspecified atom stereocenters. The topological polar surface area (TPSA) is 122 Å². The molecule has 1 heterocycles. The van der Waals surface area contributed by atoms with E-state index in [0.29, 0.717) is 6.42 Å². The highest BCUT2D eigenvalue weighted by Crippen LogP contribution is 2.27. The third-order valence-corrected chi connectivity index (χ3v) is 3.42. The number of carbonyl (C=O) groups is 4. The summed E-state index contributed by atoms with van der Waals surface area (Å²) in [7, 11) is 0. The Kier molecular flexibility index (Phi) is 5.97. The number of carbonyl (C=O) groups excluding carboxylic acids is 4. The Labute approximate surface area is 141 Å². The van der Waals surface area contributed by atoms with Gasteiger partial charge in [0.1, 0.15) is 0 Å². The van der Waals surface area contributed by atoms with Crippen molar-refractivity contribution >= 4 is 23.8 Å². The third-order valence-electron chi connectivity index (χ3n) is 3.42. The molecule has 1 aliphatic rings. The summed E-state index contributed by atoms with van der Waals surface area (Å²) in [6.07, 6.45) is -0.987. The number of Topliss-reactive ketones (excluding diaryl/α,β-unsaturated/α-hetero) is 1. The van der Waals surface area contributed by atoms with Crippen molar-refractivity contribution in [2.45, 2.75) is 65.8 Å². The summed E-state index contributed by atoms with van der Waals surface area (Å²) in [5.41, 5.74) is 5.01. The van der Waals surface area contributed by atoms with Gasteiger partial charge in [0.25, 0.3) is 5.79 Å². The Bertz CT molecular complexity index is 513. The molecule has 0 bridgehead atoms. The summed E-state index contributed by atoms with van der Waals surface area (Å²) in [6, 6.07) is 0. The van der Waals surface area contributed by atoms with Gasteiger partial charge in [-0.2, -0.15) is 0 Å². The zero-order valence-electron chi connectivity index (χ0n) is 14.7. The molecule has 0 radical (unpaired) electrons. The molecule has 1 fully saturated rings. The maximum absolute atomic E-state index is 12.5. The van der Waals surface area contributed by atoms with Gasteiger partial charge in [-0.3, -0.25) is 14.4 Å². The Balaban J connectivity index is 2.85. The van der Waals surface area contributed by atoms with E-state index in [0.717, 1.165) is 6.42 Å². The van der Waals surface area contributed by atoms with Gasteiger partial charge in [0.15, 0.2) is 11.9 Å². The maximum Gasteiger partial charge on any atom is 0.405 e. The van der Waals surface area contributed by atoms with Gasteiger partial charge < -0.3 is 19.9 Å². The van der Waals surface area contributed by atoms with Crippen LogP contribution in [0.2, 0.25) is 0 Å². The first-order valence-electron chi connectivity index (χ1n) is 7.78. The van der Waals surface area contributed by atoms with Crippen LogP contribution in [0, 0.1) is 11.3 Å². The number of hydrogen-bond acceptors (Lipinski definition) is 7. The number of amides is 1. The van der Waals surface area contributed by atoms with Crippen molar-refractivity contribution in [3.05, 3.63) is 0 Å². The van der Waals surface area contributed by atoms with Crippen molar-refractivity contribution in [1.29, 1.82) is 0 Å². The van der Waals surface area contributed by atoms with Crippen LogP contribution in [-0.4, -0.2) is 35.7 Å². The molecule has 1 amide bonds. The number of rotatable bonds is 6. The average molecular weight is 343 g/mol. The van der Waals surface area contributed by atoms with Gasteiger partial charge in [0.2, 0.25) is 5.92 Å². The van der Waals surface area contributed by atoms with Crippen LogP contribution < -0.4 is 5.73 Å². The molecule has 1 atom stereocenters. The predicted molar refractivity (Wildman–Crippen MR) is 82.5 cm³/mol. The third kappa shape index (κ3) is 5.82. The molecule has 1 rings (SSSR count). The lowest BCUT2D eigenvalue weighted by Crippen LogP contribution is -2.51. The highest BCUT2D eigenvalue weighted by molar-refractivity contribution is 6.17. The number of primary amides is 1. The van der Waals surface area contributed by atoms with Crippen LogP contribution in [0.4, 0.5) is 4.79 Å². The van der Waals surface area contributed by atoms with Crippen LogP contribution in [0.5, 0.6) is 0 Å². The lowest BCUT2D eigenvalue weighted by Gasteiger charge is -2.33. The number of ether oxygens (including phenoxy) is 3. The van der Waals surface area contributed by atoms with Gasteiger partial charge in [0, 0.05) is 13.8 Å². The molecule has 1 aliphatic heterocycles. The smallest absolute Gasteiger partial charge is 0.405 e. The van der Waals surface area contributed by atoms with Crippen molar-refractivity contribution in [3.63, 3.8) is 0 Å². The minimum absolute atomic E-state index is 0.0209. The molecule has 2 N–H and O–H groups in total. The second-order valence-electron chi connectivity index (χ2n) is 7.46. The van der Waals surface area contributed by atoms with Crippen molar-refractivity contribution < 1.29 is 33.4 Å². The minimum atomic E-state index is -1.77. The van der Waals surface area contributed by atoms with Gasteiger partial charge in [-0.1, -0.05) is 20.8 Å². The predicted octanol–water partition coefficient (Wildman–Crippen LogP) is 1.69. The van der Waals surface area contributed by atoms with E-state index in [1.807, 2.05) is 20.8 Å². The quantitative estimate of drug-likeness (QED) is 0.575. The minimum Gasteiger partial charge on any atom is -0.438 e. The van der Waals surface area contributed by atoms with Gasteiger partial charge >= 0.3 is 18.0 Å². The molecule has 0 saturated carbocycles. The van der Waals surface area contributed by atoms with E-state index in [1.54, 1.807) is 0 Å². The first-order valence-corrected chi connectivity index (χ1v) is 7.78. The van der Waals surface area contributed by atoms with Crippen LogP contribution in [0.3, 0.4) is 0 Å². The van der Waals surface area contributed by atoms with Crippen molar-refractivity contribution in [2.24, 2.45) is 17.1 Å². The van der Waals surface area contributed by atoms with Crippen molar-refractivity contribution in [3.8, 4) is 0 Å². The molecular weight excluding hydrogens is 318 g/mol. The summed E-state index contributed by atoms with van der Waals surface area (Å²) >= 11 is 0. The standard InChI is InChI=1S/C16H25NO7/c1-15(2,3)8-6-7-9(22-14(17)21)11(18)10-12(19)23-16(4,5)24-13(10)20/h9-10H,6-8H2,1-5H3,(H2,17,21). The summed E-state index contributed by atoms with van der Waals surface area (Å²) in [5, 5.41) is 0. The average Bonchev–Trinajstić information content (AvgIpc) is 2.32. The van der Waals surface area contributed by atoms with E-state index in [9.17, 15) is 19.2 Å². The molecule has 0 aliphatic carbocycles. The molecule has 8 heteroatoms. The fourth-order valence-electron chi connectivity index (χ4n) is 2.35. The highest BCUT2D eigenvalue weighted by atomic mass is 16.7. The van der Waals surface area contributed by atoms with E-state index in [1.165, 1.54) is 13.8 Å². The number of cyclic esters (lactones) is 2. The van der Waals surface area contributed by atoms with Gasteiger partial charge in [-0.15, -0.1) is 0 Å². The summed E-state index contributed by atoms with van der Waals surface area (Å²) in [6.45, 7) is 8.83. The molecule has 0 aromatic rings. The van der Waals surface area contributed by atoms with E-state index in [-0.39, 0.29) is 11.8 Å². The highest BCUT2D eigenvalue weighted by Gasteiger charge is 2.49.